The molecule has 2 aromatic rings. The number of aliphatic carboxylic acids is 1. The first-order valence-corrected chi connectivity index (χ1v) is 9.75. The molecule has 0 bridgehead atoms. The number of hydrogen-bond donors (Lipinski definition) is 2. The molecule has 0 aliphatic carbocycles. The minimum atomic E-state index is -1.17. The lowest BCUT2D eigenvalue weighted by atomic mass is 9.92. The molecule has 0 spiro atoms. The van der Waals surface area contributed by atoms with Gasteiger partial charge >= 0.3 is 5.97 Å². The van der Waals surface area contributed by atoms with Crippen LogP contribution in [-0.2, 0) is 4.79 Å². The largest absolute Gasteiger partial charge is 0.497 e. The molecule has 6 nitrogen and oxygen atoms in total. The fourth-order valence-electron chi connectivity index (χ4n) is 2.64. The van der Waals surface area contributed by atoms with E-state index in [1.807, 2.05) is 24.3 Å². The minimum Gasteiger partial charge on any atom is -0.497 e. The molecule has 3 rings (SSSR count). The maximum absolute atomic E-state index is 12.5. The highest BCUT2D eigenvalue weighted by atomic mass is 32.2. The zero-order valence-electron chi connectivity index (χ0n) is 13.7. The summed E-state index contributed by atoms with van der Waals surface area (Å²) in [6, 6.07) is 7.40. The number of methoxy groups -OCH3 is 1. The monoisotopic (exact) mass is 378 g/mol. The average molecular weight is 378 g/mol. The Labute approximate surface area is 153 Å². The quantitative estimate of drug-likeness (QED) is 0.832. The number of rotatable bonds is 5. The van der Waals surface area contributed by atoms with E-state index >= 15 is 0 Å². The van der Waals surface area contributed by atoms with Crippen LogP contribution in [0.1, 0.15) is 22.5 Å². The standard InChI is InChI=1S/C17H18N2O4S2/c1-23-12-4-2-11(3-5-12)15-18-10-13(25-15)14(20)19-17(16(21)22)6-8-24-9-7-17/h2-5,10H,6-9H2,1H3,(H,19,20)(H,21,22). The molecule has 0 unspecified atom stereocenters. The Morgan fingerprint density at radius 3 is 2.52 bits per heavy atom. The number of amides is 1. The second-order valence-corrected chi connectivity index (χ2v) is 7.97. The lowest BCUT2D eigenvalue weighted by Crippen LogP contribution is -2.56. The zero-order valence-corrected chi connectivity index (χ0v) is 15.3. The highest BCUT2D eigenvalue weighted by molar-refractivity contribution is 7.99. The van der Waals surface area contributed by atoms with Crippen LogP contribution in [0.5, 0.6) is 5.75 Å². The van der Waals surface area contributed by atoms with Crippen LogP contribution in [0.25, 0.3) is 10.6 Å². The molecule has 25 heavy (non-hydrogen) atoms. The van der Waals surface area contributed by atoms with Crippen LogP contribution < -0.4 is 10.1 Å². The van der Waals surface area contributed by atoms with Crippen LogP contribution in [0, 0.1) is 0 Å². The molecule has 0 atom stereocenters. The summed E-state index contributed by atoms with van der Waals surface area (Å²) in [5.41, 5.74) is -0.293. The van der Waals surface area contributed by atoms with Crippen molar-refractivity contribution in [3.05, 3.63) is 35.3 Å². The lowest BCUT2D eigenvalue weighted by Gasteiger charge is -2.33. The van der Waals surface area contributed by atoms with E-state index in [0.717, 1.165) is 22.8 Å². The summed E-state index contributed by atoms with van der Waals surface area (Å²) in [6.07, 6.45) is 2.36. The van der Waals surface area contributed by atoms with Crippen molar-refractivity contribution < 1.29 is 19.4 Å². The van der Waals surface area contributed by atoms with Crippen LogP contribution in [0.2, 0.25) is 0 Å². The van der Waals surface area contributed by atoms with Gasteiger partial charge in [0.2, 0.25) is 0 Å². The van der Waals surface area contributed by atoms with Crippen LogP contribution in [0.15, 0.2) is 30.5 Å². The van der Waals surface area contributed by atoms with Crippen molar-refractivity contribution in [3.8, 4) is 16.3 Å². The Morgan fingerprint density at radius 1 is 1.24 bits per heavy atom. The number of thioether (sulfide) groups is 1. The number of benzene rings is 1. The van der Waals surface area contributed by atoms with Crippen LogP contribution in [-0.4, -0.2) is 46.1 Å². The summed E-state index contributed by atoms with van der Waals surface area (Å²) in [5, 5.41) is 13.0. The van der Waals surface area contributed by atoms with E-state index in [1.54, 1.807) is 18.9 Å². The molecule has 1 fully saturated rings. The number of carboxylic acids is 1. The minimum absolute atomic E-state index is 0.383. The Kier molecular flexibility index (Phi) is 5.29. The number of carbonyl (C=O) groups excluding carboxylic acids is 1. The average Bonchev–Trinajstić information content (AvgIpc) is 3.13. The van der Waals surface area contributed by atoms with Crippen molar-refractivity contribution in [1.29, 1.82) is 0 Å². The number of nitrogens with one attached hydrogen (secondary N) is 1. The van der Waals surface area contributed by atoms with Crippen LogP contribution >= 0.6 is 23.1 Å². The first-order chi connectivity index (χ1) is 12.0. The number of ether oxygens (including phenoxy) is 1. The fourth-order valence-corrected chi connectivity index (χ4v) is 4.64. The summed E-state index contributed by atoms with van der Waals surface area (Å²) >= 11 is 2.95. The van der Waals surface area contributed by atoms with Crippen molar-refractivity contribution in [1.82, 2.24) is 10.3 Å². The van der Waals surface area contributed by atoms with Crippen molar-refractivity contribution in [3.63, 3.8) is 0 Å². The van der Waals surface area contributed by atoms with Gasteiger partial charge in [-0.1, -0.05) is 0 Å². The molecule has 8 heteroatoms. The second kappa shape index (κ2) is 7.45. The first kappa shape index (κ1) is 17.8. The van der Waals surface area contributed by atoms with E-state index in [2.05, 4.69) is 10.3 Å². The maximum Gasteiger partial charge on any atom is 0.329 e. The first-order valence-electron chi connectivity index (χ1n) is 7.78. The third-order valence-corrected chi connectivity index (χ3v) is 6.21. The SMILES string of the molecule is COc1ccc(-c2ncc(C(=O)NC3(C(=O)O)CCSCC3)s2)cc1. The lowest BCUT2D eigenvalue weighted by molar-refractivity contribution is -0.144. The predicted molar refractivity (Wildman–Crippen MR) is 98.5 cm³/mol. The molecule has 1 saturated heterocycles. The molecule has 1 aromatic carbocycles. The molecular weight excluding hydrogens is 360 g/mol. The Bertz CT molecular complexity index is 767. The molecular formula is C17H18N2O4S2. The summed E-state index contributed by atoms with van der Waals surface area (Å²) in [4.78, 5) is 28.9. The van der Waals surface area contributed by atoms with Gasteiger partial charge in [0, 0.05) is 5.56 Å². The van der Waals surface area contributed by atoms with Gasteiger partial charge in [0.1, 0.15) is 21.2 Å². The highest BCUT2D eigenvalue weighted by Crippen LogP contribution is 2.30. The van der Waals surface area contributed by atoms with Crippen molar-refractivity contribution >= 4 is 35.0 Å². The van der Waals surface area contributed by atoms with Crippen LogP contribution in [0.4, 0.5) is 0 Å². The summed E-state index contributed by atoms with van der Waals surface area (Å²) in [6.45, 7) is 0. The molecule has 1 amide bonds. The topological polar surface area (TPSA) is 88.5 Å². The molecule has 1 aliphatic rings. The van der Waals surface area contributed by atoms with Crippen LogP contribution in [0.3, 0.4) is 0 Å². The molecule has 0 saturated carbocycles. The smallest absolute Gasteiger partial charge is 0.329 e. The third kappa shape index (κ3) is 3.80. The van der Waals surface area contributed by atoms with Gasteiger partial charge in [-0.15, -0.1) is 11.3 Å². The van der Waals surface area contributed by atoms with Gasteiger partial charge in [0.05, 0.1) is 13.3 Å². The third-order valence-electron chi connectivity index (χ3n) is 4.17. The number of thiazole rings is 1. The van der Waals surface area contributed by atoms with Crippen molar-refractivity contribution in [2.24, 2.45) is 0 Å². The Morgan fingerprint density at radius 2 is 1.92 bits per heavy atom. The van der Waals surface area contributed by atoms with E-state index in [0.29, 0.717) is 22.7 Å². The second-order valence-electron chi connectivity index (χ2n) is 5.71. The number of carboxylic acid groups (broad SMARTS) is 1. The van der Waals surface area contributed by atoms with Gasteiger partial charge in [-0.05, 0) is 48.6 Å². The summed E-state index contributed by atoms with van der Waals surface area (Å²) in [5.74, 6) is 0.850. The molecule has 0 radical (unpaired) electrons. The summed E-state index contributed by atoms with van der Waals surface area (Å²) < 4.78 is 5.13. The zero-order chi connectivity index (χ0) is 17.9. The number of nitrogens with zero attached hydrogens (tertiary/aromatic N) is 1. The Balaban J connectivity index is 1.76. The molecule has 2 heterocycles. The van der Waals surface area contributed by atoms with E-state index in [-0.39, 0.29) is 5.91 Å². The van der Waals surface area contributed by atoms with E-state index in [4.69, 9.17) is 4.74 Å². The molecule has 2 N–H and O–H groups in total. The van der Waals surface area contributed by atoms with Gasteiger partial charge < -0.3 is 15.2 Å². The normalized spacial score (nSPS) is 16.2. The number of hydrogen-bond acceptors (Lipinski definition) is 6. The van der Waals surface area contributed by atoms with Crippen molar-refractivity contribution in [2.45, 2.75) is 18.4 Å². The van der Waals surface area contributed by atoms with Gasteiger partial charge in [0.25, 0.3) is 5.91 Å². The van der Waals surface area contributed by atoms with Gasteiger partial charge in [-0.3, -0.25) is 4.79 Å². The summed E-state index contributed by atoms with van der Waals surface area (Å²) in [7, 11) is 1.60. The van der Waals surface area contributed by atoms with Gasteiger partial charge in [-0.25, -0.2) is 9.78 Å². The highest BCUT2D eigenvalue weighted by Gasteiger charge is 2.41. The number of aromatic nitrogens is 1. The van der Waals surface area contributed by atoms with Crippen molar-refractivity contribution in [2.75, 3.05) is 18.6 Å². The molecule has 1 aromatic heterocycles. The predicted octanol–water partition coefficient (Wildman–Crippen LogP) is 2.90. The maximum atomic E-state index is 12.5. The number of carbonyl (C=O) groups is 2. The van der Waals surface area contributed by atoms with E-state index in [9.17, 15) is 14.7 Å². The van der Waals surface area contributed by atoms with Gasteiger partial charge in [0.15, 0.2) is 0 Å². The van der Waals surface area contributed by atoms with E-state index in [1.165, 1.54) is 17.5 Å². The van der Waals surface area contributed by atoms with Gasteiger partial charge in [-0.2, -0.15) is 11.8 Å². The Hall–Kier alpha value is -2.06. The van der Waals surface area contributed by atoms with E-state index < -0.39 is 11.5 Å². The molecule has 132 valence electrons. The molecule has 1 aliphatic heterocycles. The fraction of sp³-hybridized carbons (Fsp3) is 0.353.